The number of aryl methyl sites for hydroxylation is 1. The second kappa shape index (κ2) is 6.74. The molecule has 21 heavy (non-hydrogen) atoms. The zero-order valence-corrected chi connectivity index (χ0v) is 14.7. The van der Waals surface area contributed by atoms with E-state index in [0.29, 0.717) is 12.1 Å². The van der Waals surface area contributed by atoms with Crippen LogP contribution in [0.3, 0.4) is 0 Å². The van der Waals surface area contributed by atoms with Gasteiger partial charge >= 0.3 is 0 Å². The smallest absolute Gasteiger partial charge is 0.0934 e. The summed E-state index contributed by atoms with van der Waals surface area (Å²) in [6, 6.07) is 11.8. The van der Waals surface area contributed by atoms with Crippen LogP contribution in [0, 0.1) is 0 Å². The number of hydrogen-bond donors (Lipinski definition) is 1. The van der Waals surface area contributed by atoms with E-state index in [-0.39, 0.29) is 0 Å². The molecule has 0 aliphatic heterocycles. The molecule has 2 atom stereocenters. The van der Waals surface area contributed by atoms with Crippen molar-refractivity contribution in [2.45, 2.75) is 43.2 Å². The molecular formula is C17H20ClNS2. The minimum atomic E-state index is 0.357. The van der Waals surface area contributed by atoms with Crippen molar-refractivity contribution in [3.05, 3.63) is 50.7 Å². The summed E-state index contributed by atoms with van der Waals surface area (Å²) < 4.78 is 0.922. The fourth-order valence-corrected chi connectivity index (χ4v) is 4.78. The number of hydrogen-bond acceptors (Lipinski definition) is 3. The first-order chi connectivity index (χ1) is 10.2. The molecule has 1 aromatic carbocycles. The van der Waals surface area contributed by atoms with Gasteiger partial charge in [0.05, 0.1) is 4.34 Å². The van der Waals surface area contributed by atoms with Crippen molar-refractivity contribution in [3.63, 3.8) is 0 Å². The van der Waals surface area contributed by atoms with Gasteiger partial charge in [-0.15, -0.1) is 23.1 Å². The zero-order valence-electron chi connectivity index (χ0n) is 12.4. The van der Waals surface area contributed by atoms with E-state index in [2.05, 4.69) is 48.8 Å². The monoisotopic (exact) mass is 337 g/mol. The fourth-order valence-electron chi connectivity index (χ4n) is 2.99. The Balaban J connectivity index is 1.74. The summed E-state index contributed by atoms with van der Waals surface area (Å²) in [7, 11) is 0. The summed E-state index contributed by atoms with van der Waals surface area (Å²) >= 11 is 9.72. The molecule has 3 rings (SSSR count). The van der Waals surface area contributed by atoms with Crippen molar-refractivity contribution in [2.75, 3.05) is 6.26 Å². The Morgan fingerprint density at radius 1 is 1.33 bits per heavy atom. The highest BCUT2D eigenvalue weighted by molar-refractivity contribution is 7.98. The van der Waals surface area contributed by atoms with Crippen LogP contribution in [0.15, 0.2) is 35.2 Å². The predicted octanol–water partition coefficient (Wildman–Crippen LogP) is 5.85. The van der Waals surface area contributed by atoms with E-state index < -0.39 is 0 Å². The fraction of sp³-hybridized carbons (Fsp3) is 0.412. The van der Waals surface area contributed by atoms with E-state index in [0.717, 1.165) is 4.34 Å². The topological polar surface area (TPSA) is 12.0 Å². The Morgan fingerprint density at radius 3 is 2.81 bits per heavy atom. The molecule has 1 heterocycles. The van der Waals surface area contributed by atoms with Crippen molar-refractivity contribution >= 4 is 34.7 Å². The van der Waals surface area contributed by atoms with Crippen LogP contribution >= 0.6 is 34.7 Å². The first-order valence-electron chi connectivity index (χ1n) is 7.35. The molecule has 1 aromatic heterocycles. The van der Waals surface area contributed by atoms with Gasteiger partial charge in [0.25, 0.3) is 0 Å². The quantitative estimate of drug-likeness (QED) is 0.702. The number of benzene rings is 1. The van der Waals surface area contributed by atoms with E-state index >= 15 is 0 Å². The third-order valence-electron chi connectivity index (χ3n) is 4.15. The normalized spacial score (nSPS) is 19.3. The zero-order chi connectivity index (χ0) is 14.8. The Hall–Kier alpha value is -0.480. The summed E-state index contributed by atoms with van der Waals surface area (Å²) in [5, 5.41) is 3.78. The first-order valence-corrected chi connectivity index (χ1v) is 9.77. The lowest BCUT2D eigenvalue weighted by molar-refractivity contribution is 0.418. The average Bonchev–Trinajstić information content (AvgIpc) is 2.88. The lowest BCUT2D eigenvalue weighted by atomic mass is 9.93. The SMILES string of the molecule is CSc1ccc(C(C)NC2CCCc3sc(Cl)cc32)cc1. The molecule has 0 bridgehead atoms. The lowest BCUT2D eigenvalue weighted by Crippen LogP contribution is -2.27. The van der Waals surface area contributed by atoms with Crippen molar-refractivity contribution in [3.8, 4) is 0 Å². The highest BCUT2D eigenvalue weighted by Gasteiger charge is 2.24. The molecule has 0 fully saturated rings. The molecule has 112 valence electrons. The number of thioether (sulfide) groups is 1. The first kappa shape index (κ1) is 15.4. The molecule has 2 unspecified atom stereocenters. The number of thiophene rings is 1. The number of rotatable bonds is 4. The van der Waals surface area contributed by atoms with Gasteiger partial charge in [-0.25, -0.2) is 0 Å². The van der Waals surface area contributed by atoms with E-state index in [1.807, 2.05) is 0 Å². The van der Waals surface area contributed by atoms with Gasteiger partial charge in [0.15, 0.2) is 0 Å². The molecule has 0 saturated carbocycles. The van der Waals surface area contributed by atoms with Gasteiger partial charge in [-0.3, -0.25) is 0 Å². The minimum absolute atomic E-state index is 0.357. The molecule has 4 heteroatoms. The van der Waals surface area contributed by atoms with Crippen LogP contribution in [0.5, 0.6) is 0 Å². The number of nitrogens with one attached hydrogen (secondary N) is 1. The molecule has 1 N–H and O–H groups in total. The highest BCUT2D eigenvalue weighted by Crippen LogP contribution is 2.38. The maximum absolute atomic E-state index is 6.19. The third-order valence-corrected chi connectivity index (χ3v) is 6.23. The minimum Gasteiger partial charge on any atom is -0.303 e. The maximum atomic E-state index is 6.19. The second-order valence-corrected chi connectivity index (χ2v) is 8.18. The van der Waals surface area contributed by atoms with Crippen molar-refractivity contribution < 1.29 is 0 Å². The highest BCUT2D eigenvalue weighted by atomic mass is 35.5. The summed E-state index contributed by atoms with van der Waals surface area (Å²) in [5.74, 6) is 0. The van der Waals surface area contributed by atoms with Crippen LogP contribution in [0.4, 0.5) is 0 Å². The van der Waals surface area contributed by atoms with Gasteiger partial charge in [0.2, 0.25) is 0 Å². The average molecular weight is 338 g/mol. The predicted molar refractivity (Wildman–Crippen MR) is 94.8 cm³/mol. The molecule has 0 amide bonds. The molecule has 1 nitrogen and oxygen atoms in total. The van der Waals surface area contributed by atoms with E-state index in [1.54, 1.807) is 23.1 Å². The molecule has 2 aromatic rings. The van der Waals surface area contributed by atoms with Gasteiger partial charge < -0.3 is 5.32 Å². The molecular weight excluding hydrogens is 318 g/mol. The van der Waals surface area contributed by atoms with E-state index in [1.165, 1.54) is 40.2 Å². The van der Waals surface area contributed by atoms with Gasteiger partial charge in [-0.1, -0.05) is 23.7 Å². The van der Waals surface area contributed by atoms with Crippen LogP contribution in [0.2, 0.25) is 4.34 Å². The van der Waals surface area contributed by atoms with Crippen LogP contribution in [-0.4, -0.2) is 6.26 Å². The van der Waals surface area contributed by atoms with Gasteiger partial charge in [0, 0.05) is 21.9 Å². The molecule has 0 spiro atoms. The molecule has 1 aliphatic rings. The van der Waals surface area contributed by atoms with Crippen molar-refractivity contribution in [1.82, 2.24) is 5.32 Å². The summed E-state index contributed by atoms with van der Waals surface area (Å²) in [4.78, 5) is 2.78. The Morgan fingerprint density at radius 2 is 2.10 bits per heavy atom. The van der Waals surface area contributed by atoms with E-state index in [9.17, 15) is 0 Å². The lowest BCUT2D eigenvalue weighted by Gasteiger charge is -2.27. The van der Waals surface area contributed by atoms with Gasteiger partial charge in [-0.05, 0) is 61.8 Å². The third kappa shape index (κ3) is 3.48. The van der Waals surface area contributed by atoms with Crippen molar-refractivity contribution in [1.29, 1.82) is 0 Å². The van der Waals surface area contributed by atoms with Gasteiger partial charge in [-0.2, -0.15) is 0 Å². The summed E-state index contributed by atoms with van der Waals surface area (Å²) in [6.45, 7) is 2.25. The van der Waals surface area contributed by atoms with Crippen molar-refractivity contribution in [2.24, 2.45) is 0 Å². The van der Waals surface area contributed by atoms with Crippen LogP contribution < -0.4 is 5.32 Å². The summed E-state index contributed by atoms with van der Waals surface area (Å²) in [5.41, 5.74) is 2.77. The Kier molecular flexibility index (Phi) is 4.95. The largest absolute Gasteiger partial charge is 0.303 e. The standard InChI is InChI=1S/C17H20ClNS2/c1-11(12-6-8-13(20-2)9-7-12)19-15-4-3-5-16-14(15)10-17(18)21-16/h6-11,15,19H,3-5H2,1-2H3. The number of fused-ring (bicyclic) bond motifs is 1. The van der Waals surface area contributed by atoms with E-state index in [4.69, 9.17) is 11.6 Å². The molecule has 0 radical (unpaired) electrons. The Bertz CT molecular complexity index is 606. The Labute approximate surface area is 140 Å². The van der Waals surface area contributed by atoms with Crippen LogP contribution in [0.25, 0.3) is 0 Å². The molecule has 0 saturated heterocycles. The van der Waals surface area contributed by atoms with Crippen LogP contribution in [0.1, 0.15) is 47.9 Å². The maximum Gasteiger partial charge on any atom is 0.0934 e. The van der Waals surface area contributed by atoms with Gasteiger partial charge in [0.1, 0.15) is 0 Å². The summed E-state index contributed by atoms with van der Waals surface area (Å²) in [6.07, 6.45) is 5.75. The number of halogens is 1. The molecule has 1 aliphatic carbocycles. The van der Waals surface area contributed by atoms with Crippen LogP contribution in [-0.2, 0) is 6.42 Å². The second-order valence-electron chi connectivity index (χ2n) is 5.54.